The first-order valence-electron chi connectivity index (χ1n) is 9.63. The van der Waals surface area contributed by atoms with Crippen molar-refractivity contribution in [3.05, 3.63) is 64.3 Å². The minimum absolute atomic E-state index is 0.173. The molecule has 158 valence electrons. The predicted octanol–water partition coefficient (Wildman–Crippen LogP) is 2.51. The van der Waals surface area contributed by atoms with Crippen molar-refractivity contribution < 1.29 is 9.84 Å². The van der Waals surface area contributed by atoms with E-state index >= 15 is 0 Å². The number of nitrogens with zero attached hydrogens (tertiary/aromatic N) is 6. The standard InChI is InChI=1S/C21H20ClN7O2/c1-31-21-24-8-14(9-25-21)18(11-30)28-20-16-10-29(5-4-17(16)26-12-27-20)19-3-2-15(22)6-13(19)7-23/h2-3,6,8-9,12,18,30H,4-5,10-11H2,1H3,(H,26,27,28)/t18-/m1/s1. The van der Waals surface area contributed by atoms with Gasteiger partial charge in [-0.15, -0.1) is 0 Å². The summed E-state index contributed by atoms with van der Waals surface area (Å²) in [7, 11) is 1.49. The van der Waals surface area contributed by atoms with Gasteiger partial charge in [0.25, 0.3) is 0 Å². The van der Waals surface area contributed by atoms with E-state index in [1.807, 2.05) is 6.07 Å². The quantitative estimate of drug-likeness (QED) is 0.599. The summed E-state index contributed by atoms with van der Waals surface area (Å²) in [6.45, 7) is 1.07. The van der Waals surface area contributed by atoms with Gasteiger partial charge in [-0.25, -0.2) is 19.9 Å². The fourth-order valence-electron chi connectivity index (χ4n) is 3.56. The van der Waals surface area contributed by atoms with Crippen LogP contribution in [0.2, 0.25) is 5.02 Å². The second-order valence-corrected chi connectivity index (χ2v) is 7.41. The SMILES string of the molecule is COc1ncc([C@@H](CO)Nc2ncnc3c2CN(c2ccc(Cl)cc2C#N)CC3)cn1. The minimum Gasteiger partial charge on any atom is -0.467 e. The zero-order valence-electron chi connectivity index (χ0n) is 16.8. The fraction of sp³-hybridized carbons (Fsp3) is 0.286. The smallest absolute Gasteiger partial charge is 0.316 e. The van der Waals surface area contributed by atoms with Gasteiger partial charge in [-0.3, -0.25) is 0 Å². The number of halogens is 1. The third kappa shape index (κ3) is 4.35. The summed E-state index contributed by atoms with van der Waals surface area (Å²) in [4.78, 5) is 19.2. The van der Waals surface area contributed by atoms with Crippen LogP contribution in [0.15, 0.2) is 36.9 Å². The summed E-state index contributed by atoms with van der Waals surface area (Å²) in [5, 5.41) is 23.3. The van der Waals surface area contributed by atoms with Gasteiger partial charge in [0.1, 0.15) is 18.2 Å². The van der Waals surface area contributed by atoms with Gasteiger partial charge in [0, 0.05) is 48.1 Å². The number of benzene rings is 1. The number of anilines is 2. The van der Waals surface area contributed by atoms with Gasteiger partial charge in [0.15, 0.2) is 0 Å². The molecule has 0 spiro atoms. The Morgan fingerprint density at radius 1 is 1.29 bits per heavy atom. The maximum absolute atomic E-state index is 9.94. The molecule has 0 aliphatic carbocycles. The highest BCUT2D eigenvalue weighted by Gasteiger charge is 2.24. The lowest BCUT2D eigenvalue weighted by atomic mass is 10.0. The molecule has 10 heteroatoms. The van der Waals surface area contributed by atoms with Crippen LogP contribution in [0.1, 0.15) is 28.4 Å². The molecule has 31 heavy (non-hydrogen) atoms. The number of nitrogens with one attached hydrogen (secondary N) is 1. The molecule has 2 aromatic heterocycles. The lowest BCUT2D eigenvalue weighted by Crippen LogP contribution is -2.33. The predicted molar refractivity (Wildman–Crippen MR) is 115 cm³/mol. The average Bonchev–Trinajstić information content (AvgIpc) is 2.82. The van der Waals surface area contributed by atoms with Gasteiger partial charge in [-0.05, 0) is 18.2 Å². The Bertz CT molecular complexity index is 1120. The van der Waals surface area contributed by atoms with Crippen molar-refractivity contribution in [1.29, 1.82) is 5.26 Å². The highest BCUT2D eigenvalue weighted by Crippen LogP contribution is 2.31. The van der Waals surface area contributed by atoms with Crippen LogP contribution in [0.4, 0.5) is 11.5 Å². The summed E-state index contributed by atoms with van der Waals surface area (Å²) in [6.07, 6.45) is 5.42. The van der Waals surface area contributed by atoms with Gasteiger partial charge >= 0.3 is 6.01 Å². The highest BCUT2D eigenvalue weighted by atomic mass is 35.5. The van der Waals surface area contributed by atoms with Gasteiger partial charge in [-0.1, -0.05) is 11.6 Å². The van der Waals surface area contributed by atoms with Crippen molar-refractivity contribution in [2.45, 2.75) is 19.0 Å². The summed E-state index contributed by atoms with van der Waals surface area (Å²) in [6, 6.07) is 7.31. The Morgan fingerprint density at radius 2 is 2.10 bits per heavy atom. The van der Waals surface area contributed by atoms with Crippen molar-refractivity contribution >= 4 is 23.1 Å². The number of hydrogen-bond acceptors (Lipinski definition) is 9. The van der Waals surface area contributed by atoms with Crippen molar-refractivity contribution in [2.75, 3.05) is 30.5 Å². The molecule has 3 aromatic rings. The zero-order valence-corrected chi connectivity index (χ0v) is 17.5. The van der Waals surface area contributed by atoms with Crippen LogP contribution in [0.25, 0.3) is 0 Å². The molecule has 1 aliphatic heterocycles. The summed E-state index contributed by atoms with van der Waals surface area (Å²) in [5.41, 5.74) is 3.89. The van der Waals surface area contributed by atoms with Crippen molar-refractivity contribution in [1.82, 2.24) is 19.9 Å². The Balaban J connectivity index is 1.62. The second-order valence-electron chi connectivity index (χ2n) is 6.97. The first-order valence-corrected chi connectivity index (χ1v) is 10.0. The first kappa shape index (κ1) is 20.8. The fourth-order valence-corrected chi connectivity index (χ4v) is 3.73. The number of aliphatic hydroxyl groups excluding tert-OH is 1. The molecule has 3 heterocycles. The molecule has 0 radical (unpaired) electrons. The van der Waals surface area contributed by atoms with Gasteiger partial charge < -0.3 is 20.1 Å². The maximum Gasteiger partial charge on any atom is 0.316 e. The van der Waals surface area contributed by atoms with E-state index in [-0.39, 0.29) is 12.6 Å². The molecule has 2 N–H and O–H groups in total. The van der Waals surface area contributed by atoms with Crippen LogP contribution in [-0.2, 0) is 13.0 Å². The Hall–Kier alpha value is -3.48. The molecule has 9 nitrogen and oxygen atoms in total. The Kier molecular flexibility index (Phi) is 6.11. The largest absolute Gasteiger partial charge is 0.467 e. The lowest BCUT2D eigenvalue weighted by molar-refractivity contribution is 0.275. The molecule has 4 rings (SSSR count). The summed E-state index contributed by atoms with van der Waals surface area (Å²) >= 11 is 6.05. The number of nitriles is 1. The van der Waals surface area contributed by atoms with Crippen molar-refractivity contribution in [3.63, 3.8) is 0 Å². The van der Waals surface area contributed by atoms with E-state index in [1.54, 1.807) is 24.5 Å². The molecule has 0 saturated carbocycles. The van der Waals surface area contributed by atoms with Gasteiger partial charge in [0.05, 0.1) is 36.7 Å². The van der Waals surface area contributed by atoms with Crippen LogP contribution in [0, 0.1) is 11.3 Å². The molecule has 0 saturated heterocycles. The van der Waals surface area contributed by atoms with E-state index in [4.69, 9.17) is 16.3 Å². The highest BCUT2D eigenvalue weighted by molar-refractivity contribution is 6.30. The Morgan fingerprint density at radius 3 is 2.81 bits per heavy atom. The average molecular weight is 438 g/mol. The van der Waals surface area contributed by atoms with Crippen LogP contribution < -0.4 is 15.0 Å². The monoisotopic (exact) mass is 437 g/mol. The summed E-state index contributed by atoms with van der Waals surface area (Å²) in [5.74, 6) is 0.622. The van der Waals surface area contributed by atoms with Crippen LogP contribution >= 0.6 is 11.6 Å². The molecule has 0 amide bonds. The number of hydrogen-bond donors (Lipinski definition) is 2. The van der Waals surface area contributed by atoms with Crippen molar-refractivity contribution in [2.24, 2.45) is 0 Å². The zero-order chi connectivity index (χ0) is 21.8. The number of rotatable bonds is 6. The number of ether oxygens (including phenoxy) is 1. The van der Waals surface area contributed by atoms with Gasteiger partial charge in [-0.2, -0.15) is 5.26 Å². The first-order chi connectivity index (χ1) is 15.1. The molecular formula is C21H20ClN7O2. The molecule has 0 bridgehead atoms. The molecule has 1 atom stereocenters. The van der Waals surface area contributed by atoms with E-state index in [1.165, 1.54) is 13.4 Å². The molecule has 1 aliphatic rings. The van der Waals surface area contributed by atoms with E-state index < -0.39 is 6.04 Å². The topological polar surface area (TPSA) is 120 Å². The Labute approximate surface area is 184 Å². The maximum atomic E-state index is 9.94. The van der Waals surface area contributed by atoms with E-state index in [9.17, 15) is 10.4 Å². The van der Waals surface area contributed by atoms with Crippen LogP contribution in [0.3, 0.4) is 0 Å². The normalized spacial score (nSPS) is 13.8. The van der Waals surface area contributed by atoms with E-state index in [2.05, 4.69) is 36.2 Å². The third-order valence-corrected chi connectivity index (χ3v) is 5.38. The molecule has 1 aromatic carbocycles. The van der Waals surface area contributed by atoms with Gasteiger partial charge in [0.2, 0.25) is 0 Å². The minimum atomic E-state index is -0.453. The number of aliphatic hydroxyl groups is 1. The summed E-state index contributed by atoms with van der Waals surface area (Å²) < 4.78 is 4.99. The second kappa shape index (κ2) is 9.12. The number of methoxy groups -OCH3 is 1. The van der Waals surface area contributed by atoms with Crippen LogP contribution in [0.5, 0.6) is 6.01 Å². The number of fused-ring (bicyclic) bond motifs is 1. The van der Waals surface area contributed by atoms with Crippen molar-refractivity contribution in [3.8, 4) is 12.1 Å². The molecule has 0 fully saturated rings. The number of aromatic nitrogens is 4. The van der Waals surface area contributed by atoms with E-state index in [0.717, 1.165) is 23.5 Å². The third-order valence-electron chi connectivity index (χ3n) is 5.15. The van der Waals surface area contributed by atoms with Crippen LogP contribution in [-0.4, -0.2) is 45.3 Å². The molecular weight excluding hydrogens is 418 g/mol. The lowest BCUT2D eigenvalue weighted by Gasteiger charge is -2.32. The van der Waals surface area contributed by atoms with E-state index in [0.29, 0.717) is 34.9 Å². The molecule has 0 unspecified atom stereocenters.